The predicted molar refractivity (Wildman–Crippen MR) is 121 cm³/mol. The van der Waals surface area contributed by atoms with Crippen molar-refractivity contribution in [2.24, 2.45) is 13.0 Å². The van der Waals surface area contributed by atoms with E-state index in [0.29, 0.717) is 0 Å². The molecule has 2 unspecified atom stereocenters. The number of halogens is 1. The second-order valence-electron chi connectivity index (χ2n) is 8.23. The first-order chi connectivity index (χ1) is 14.0. The second kappa shape index (κ2) is 8.23. The molecule has 1 aliphatic heterocycles. The van der Waals surface area contributed by atoms with Crippen molar-refractivity contribution in [1.82, 2.24) is 9.47 Å². The molecule has 3 aromatic rings. The van der Waals surface area contributed by atoms with Gasteiger partial charge >= 0.3 is 0 Å². The van der Waals surface area contributed by atoms with Crippen LogP contribution in [0.15, 0.2) is 48.5 Å². The molecule has 0 saturated carbocycles. The molecule has 1 fully saturated rings. The fourth-order valence-corrected chi connectivity index (χ4v) is 5.06. The van der Waals surface area contributed by atoms with Gasteiger partial charge in [0.05, 0.1) is 6.04 Å². The van der Waals surface area contributed by atoms with Crippen LogP contribution in [-0.4, -0.2) is 21.9 Å². The number of benzene rings is 2. The fraction of sp³-hybridized carbons (Fsp3) is 0.400. The third kappa shape index (κ3) is 3.57. The first-order valence-electron chi connectivity index (χ1n) is 10.7. The van der Waals surface area contributed by atoms with Crippen LogP contribution in [0.5, 0.6) is 0 Å². The Balaban J connectivity index is 1.89. The number of aromatic nitrogens is 1. The maximum Gasteiger partial charge on any atom is 0.225 e. The number of carbonyl (C=O) groups is 1. The van der Waals surface area contributed by atoms with E-state index in [0.717, 1.165) is 48.2 Å². The Kier molecular flexibility index (Phi) is 5.69. The van der Waals surface area contributed by atoms with Gasteiger partial charge < -0.3 is 9.47 Å². The van der Waals surface area contributed by atoms with Crippen molar-refractivity contribution in [2.75, 3.05) is 6.54 Å². The molecule has 0 aliphatic carbocycles. The molecule has 2 heterocycles. The summed E-state index contributed by atoms with van der Waals surface area (Å²) in [6.07, 6.45) is 4.03. The lowest BCUT2D eigenvalue weighted by atomic mass is 9.96. The summed E-state index contributed by atoms with van der Waals surface area (Å²) in [5.41, 5.74) is 4.77. The third-order valence-corrected chi connectivity index (χ3v) is 6.50. The molecule has 2 atom stereocenters. The second-order valence-corrected chi connectivity index (χ2v) is 8.66. The van der Waals surface area contributed by atoms with E-state index in [1.54, 1.807) is 0 Å². The number of carbonyl (C=O) groups excluding carboxylic acids is 1. The van der Waals surface area contributed by atoms with Crippen LogP contribution in [0, 0.1) is 5.92 Å². The summed E-state index contributed by atoms with van der Waals surface area (Å²) in [7, 11) is 2.12. The van der Waals surface area contributed by atoms with Crippen molar-refractivity contribution in [3.05, 3.63) is 59.2 Å². The minimum Gasteiger partial charge on any atom is -0.345 e. The molecular weight excluding hydrogens is 380 g/mol. The summed E-state index contributed by atoms with van der Waals surface area (Å²) in [6.45, 7) is 5.06. The Labute approximate surface area is 178 Å². The summed E-state index contributed by atoms with van der Waals surface area (Å²) >= 11 is 6.38. The van der Waals surface area contributed by atoms with E-state index in [1.807, 2.05) is 12.1 Å². The average molecular weight is 409 g/mol. The molecule has 29 heavy (non-hydrogen) atoms. The molecule has 0 radical (unpaired) electrons. The molecule has 0 N–H and O–H groups in total. The lowest BCUT2D eigenvalue weighted by Crippen LogP contribution is -2.35. The molecule has 152 valence electrons. The van der Waals surface area contributed by atoms with Crippen LogP contribution in [0.25, 0.3) is 22.0 Å². The Morgan fingerprint density at radius 2 is 1.97 bits per heavy atom. The van der Waals surface area contributed by atoms with Crippen molar-refractivity contribution in [3.63, 3.8) is 0 Å². The quantitative estimate of drug-likeness (QED) is 0.467. The highest BCUT2D eigenvalue weighted by atomic mass is 35.5. The van der Waals surface area contributed by atoms with Crippen LogP contribution in [0.4, 0.5) is 0 Å². The number of hydrogen-bond acceptors (Lipinski definition) is 1. The van der Waals surface area contributed by atoms with Gasteiger partial charge in [0.1, 0.15) is 0 Å². The number of likely N-dealkylation sites (tertiary alicyclic amines) is 1. The van der Waals surface area contributed by atoms with Gasteiger partial charge in [0.15, 0.2) is 0 Å². The summed E-state index contributed by atoms with van der Waals surface area (Å²) in [4.78, 5) is 15.4. The number of amides is 1. The largest absolute Gasteiger partial charge is 0.345 e. The zero-order valence-electron chi connectivity index (χ0n) is 17.5. The molecule has 1 aromatic heterocycles. The number of rotatable bonds is 5. The van der Waals surface area contributed by atoms with Crippen LogP contribution in [0.3, 0.4) is 0 Å². The SMILES string of the molecule is CCCC(C)C(=O)N1CCCC1c1c(-c2ccccc2)c2cc(Cl)ccc2n1C. The molecule has 0 spiro atoms. The Hall–Kier alpha value is -2.26. The lowest BCUT2D eigenvalue weighted by Gasteiger charge is -2.29. The standard InChI is InChI=1S/C25H29ClN2O/c1-4-9-17(2)25(29)28-15-8-12-22(28)24-23(18-10-6-5-7-11-18)20-16-19(26)13-14-21(20)27(24)3/h5-7,10-11,13-14,16-17,22H,4,8-9,12,15H2,1-3H3. The van der Waals surface area contributed by atoms with Gasteiger partial charge in [0.2, 0.25) is 5.91 Å². The lowest BCUT2D eigenvalue weighted by molar-refractivity contribution is -0.136. The van der Waals surface area contributed by atoms with Gasteiger partial charge in [-0.3, -0.25) is 4.79 Å². The highest BCUT2D eigenvalue weighted by Crippen LogP contribution is 2.44. The number of hydrogen-bond donors (Lipinski definition) is 0. The maximum absolute atomic E-state index is 13.2. The van der Waals surface area contributed by atoms with Crippen LogP contribution in [0.1, 0.15) is 51.3 Å². The first-order valence-corrected chi connectivity index (χ1v) is 11.0. The Morgan fingerprint density at radius 1 is 1.21 bits per heavy atom. The Bertz CT molecular complexity index is 1020. The van der Waals surface area contributed by atoms with E-state index in [-0.39, 0.29) is 17.9 Å². The first kappa shape index (κ1) is 20.0. The minimum atomic E-state index is 0.0740. The number of aryl methyl sites for hydroxylation is 1. The van der Waals surface area contributed by atoms with Crippen molar-refractivity contribution < 1.29 is 4.79 Å². The van der Waals surface area contributed by atoms with Gasteiger partial charge in [-0.2, -0.15) is 0 Å². The van der Waals surface area contributed by atoms with Crippen LogP contribution in [-0.2, 0) is 11.8 Å². The van der Waals surface area contributed by atoms with Gasteiger partial charge in [-0.05, 0) is 43.0 Å². The van der Waals surface area contributed by atoms with Crippen LogP contribution < -0.4 is 0 Å². The molecule has 1 amide bonds. The maximum atomic E-state index is 13.2. The fourth-order valence-electron chi connectivity index (χ4n) is 4.89. The van der Waals surface area contributed by atoms with Crippen LogP contribution >= 0.6 is 11.6 Å². The van der Waals surface area contributed by atoms with E-state index >= 15 is 0 Å². The average Bonchev–Trinajstić information content (AvgIpc) is 3.30. The smallest absolute Gasteiger partial charge is 0.225 e. The molecule has 1 aliphatic rings. The molecule has 4 rings (SSSR count). The van der Waals surface area contributed by atoms with E-state index in [4.69, 9.17) is 11.6 Å². The van der Waals surface area contributed by atoms with E-state index < -0.39 is 0 Å². The molecular formula is C25H29ClN2O. The van der Waals surface area contributed by atoms with Crippen molar-refractivity contribution >= 4 is 28.4 Å². The van der Waals surface area contributed by atoms with Crippen molar-refractivity contribution in [1.29, 1.82) is 0 Å². The highest BCUT2D eigenvalue weighted by Gasteiger charge is 2.36. The normalized spacial score (nSPS) is 17.8. The molecule has 2 aromatic carbocycles. The van der Waals surface area contributed by atoms with E-state index in [2.05, 4.69) is 66.8 Å². The highest BCUT2D eigenvalue weighted by molar-refractivity contribution is 6.31. The summed E-state index contributed by atoms with van der Waals surface area (Å²) in [5, 5.41) is 1.89. The van der Waals surface area contributed by atoms with Gasteiger partial charge in [-0.1, -0.05) is 62.2 Å². The Morgan fingerprint density at radius 3 is 2.69 bits per heavy atom. The monoisotopic (exact) mass is 408 g/mol. The summed E-state index contributed by atoms with van der Waals surface area (Å²) in [5.74, 6) is 0.363. The van der Waals surface area contributed by atoms with Gasteiger partial charge in [-0.25, -0.2) is 0 Å². The van der Waals surface area contributed by atoms with Crippen molar-refractivity contribution in [3.8, 4) is 11.1 Å². The van der Waals surface area contributed by atoms with Gasteiger partial charge in [-0.15, -0.1) is 0 Å². The number of fused-ring (bicyclic) bond motifs is 1. The van der Waals surface area contributed by atoms with E-state index in [1.165, 1.54) is 16.8 Å². The zero-order chi connectivity index (χ0) is 20.5. The van der Waals surface area contributed by atoms with Crippen LogP contribution in [0.2, 0.25) is 5.02 Å². The minimum absolute atomic E-state index is 0.0740. The summed E-state index contributed by atoms with van der Waals surface area (Å²) < 4.78 is 2.27. The zero-order valence-corrected chi connectivity index (χ0v) is 18.2. The molecule has 4 heteroatoms. The summed E-state index contributed by atoms with van der Waals surface area (Å²) in [6, 6.07) is 16.7. The topological polar surface area (TPSA) is 25.2 Å². The van der Waals surface area contributed by atoms with Crippen molar-refractivity contribution in [2.45, 2.75) is 45.6 Å². The molecule has 0 bridgehead atoms. The predicted octanol–water partition coefficient (Wildman–Crippen LogP) is 6.60. The number of nitrogens with zero attached hydrogens (tertiary/aromatic N) is 2. The van der Waals surface area contributed by atoms with E-state index in [9.17, 15) is 4.79 Å². The van der Waals surface area contributed by atoms with Gasteiger partial charge in [0, 0.05) is 46.7 Å². The van der Waals surface area contributed by atoms with Gasteiger partial charge in [0.25, 0.3) is 0 Å². The molecule has 1 saturated heterocycles. The third-order valence-electron chi connectivity index (χ3n) is 6.26. The molecule has 3 nitrogen and oxygen atoms in total.